The first-order valence-electron chi connectivity index (χ1n) is 10.9. The summed E-state index contributed by atoms with van der Waals surface area (Å²) in [6.45, 7) is 1.49. The van der Waals surface area contributed by atoms with Crippen molar-refractivity contribution in [1.29, 1.82) is 0 Å². The number of aromatic nitrogens is 5. The van der Waals surface area contributed by atoms with Crippen molar-refractivity contribution in [3.05, 3.63) is 85.2 Å². The summed E-state index contributed by atoms with van der Waals surface area (Å²) in [4.78, 5) is 31.6. The van der Waals surface area contributed by atoms with Gasteiger partial charge in [0.2, 0.25) is 5.91 Å². The molecule has 0 aliphatic heterocycles. The molecule has 164 valence electrons. The zero-order valence-electron chi connectivity index (χ0n) is 18.3. The number of rotatable bonds is 4. The van der Waals surface area contributed by atoms with E-state index in [1.165, 1.54) is 6.92 Å². The monoisotopic (exact) mass is 444 g/mol. The van der Waals surface area contributed by atoms with Crippen LogP contribution in [-0.2, 0) is 4.79 Å². The Labute approximate surface area is 194 Å². The lowest BCUT2D eigenvalue weighted by Gasteiger charge is -2.02. The van der Waals surface area contributed by atoms with Crippen LogP contribution in [0.2, 0.25) is 0 Å². The fraction of sp³-hybridized carbons (Fsp3) is 0.0370. The molecule has 7 heteroatoms. The topological polar surface area (TPSA) is 99.3 Å². The second-order valence-electron chi connectivity index (χ2n) is 8.13. The average molecular weight is 444 g/mol. The van der Waals surface area contributed by atoms with E-state index in [0.717, 1.165) is 61.7 Å². The highest BCUT2D eigenvalue weighted by atomic mass is 16.1. The third-order valence-electron chi connectivity index (χ3n) is 5.73. The van der Waals surface area contributed by atoms with Crippen LogP contribution < -0.4 is 5.32 Å². The Morgan fingerprint density at radius 3 is 1.71 bits per heavy atom. The van der Waals surface area contributed by atoms with Gasteiger partial charge >= 0.3 is 0 Å². The molecule has 1 amide bonds. The number of amides is 1. The number of hydrogen-bond donors (Lipinski definition) is 3. The quantitative estimate of drug-likeness (QED) is 0.320. The smallest absolute Gasteiger partial charge is 0.221 e. The van der Waals surface area contributed by atoms with Crippen molar-refractivity contribution in [2.75, 3.05) is 5.32 Å². The van der Waals surface area contributed by atoms with Gasteiger partial charge in [0.05, 0.1) is 22.1 Å². The Hall–Kier alpha value is -4.78. The molecule has 6 rings (SSSR count). The Kier molecular flexibility index (Phi) is 4.66. The van der Waals surface area contributed by atoms with Crippen molar-refractivity contribution in [1.82, 2.24) is 24.9 Å². The number of nitrogens with one attached hydrogen (secondary N) is 3. The zero-order chi connectivity index (χ0) is 23.1. The van der Waals surface area contributed by atoms with Crippen molar-refractivity contribution in [2.24, 2.45) is 0 Å². The normalized spacial score (nSPS) is 11.2. The first-order valence-corrected chi connectivity index (χ1v) is 10.9. The van der Waals surface area contributed by atoms with Crippen LogP contribution in [0.25, 0.3) is 56.0 Å². The molecule has 3 heterocycles. The fourth-order valence-electron chi connectivity index (χ4n) is 4.07. The van der Waals surface area contributed by atoms with Gasteiger partial charge in [-0.2, -0.15) is 0 Å². The lowest BCUT2D eigenvalue weighted by Crippen LogP contribution is -2.05. The molecule has 0 bridgehead atoms. The number of imidazole rings is 2. The van der Waals surface area contributed by atoms with Crippen LogP contribution in [0, 0.1) is 0 Å². The number of nitrogens with zero attached hydrogens (tertiary/aromatic N) is 3. The number of carbonyl (C=O) groups excluding carboxylic acids is 1. The Morgan fingerprint density at radius 2 is 1.18 bits per heavy atom. The molecule has 0 spiro atoms. The summed E-state index contributed by atoms with van der Waals surface area (Å²) in [5.41, 5.74) is 8.61. The molecular formula is C27H20N6O. The average Bonchev–Trinajstić information content (AvgIpc) is 3.48. The molecule has 7 nitrogen and oxygen atoms in total. The first kappa shape index (κ1) is 19.9. The molecule has 3 N–H and O–H groups in total. The van der Waals surface area contributed by atoms with Gasteiger partial charge in [-0.25, -0.2) is 9.97 Å². The molecule has 0 aliphatic rings. The van der Waals surface area contributed by atoms with E-state index < -0.39 is 0 Å². The Bertz CT molecular complexity index is 1650. The standard InChI is InChI=1S/C27H20N6O/c1-16(34)29-21-6-2-17(3-7-21)26-30-22-8-4-19(14-24(22)32-26)20-5-9-23-25(15-20)33-27(31-23)18-10-12-28-13-11-18/h2-15H,1H3,(H,29,34)(H,30,32)(H,31,33). The first-order chi connectivity index (χ1) is 16.6. The highest BCUT2D eigenvalue weighted by Gasteiger charge is 2.10. The number of benzene rings is 3. The molecule has 0 saturated heterocycles. The fourth-order valence-corrected chi connectivity index (χ4v) is 4.07. The summed E-state index contributed by atoms with van der Waals surface area (Å²) < 4.78 is 0. The summed E-state index contributed by atoms with van der Waals surface area (Å²) in [7, 11) is 0. The number of fused-ring (bicyclic) bond motifs is 2. The number of aromatic amines is 2. The van der Waals surface area contributed by atoms with Crippen LogP contribution in [0.4, 0.5) is 5.69 Å². The summed E-state index contributed by atoms with van der Waals surface area (Å²) in [6.07, 6.45) is 3.53. The van der Waals surface area contributed by atoms with Crippen LogP contribution in [0.5, 0.6) is 0 Å². The maximum absolute atomic E-state index is 11.2. The van der Waals surface area contributed by atoms with E-state index in [9.17, 15) is 4.79 Å². The lowest BCUT2D eigenvalue weighted by atomic mass is 10.0. The SMILES string of the molecule is CC(=O)Nc1ccc(-c2nc3cc(-c4ccc5[nH]c(-c6ccncc6)nc5c4)ccc3[nH]2)cc1. The van der Waals surface area contributed by atoms with Crippen LogP contribution in [0.1, 0.15) is 6.92 Å². The Morgan fingerprint density at radius 1 is 0.676 bits per heavy atom. The Balaban J connectivity index is 1.32. The van der Waals surface area contributed by atoms with Gasteiger partial charge in [0.15, 0.2) is 0 Å². The van der Waals surface area contributed by atoms with Crippen LogP contribution in [0.3, 0.4) is 0 Å². The van der Waals surface area contributed by atoms with E-state index in [1.54, 1.807) is 12.4 Å². The molecule has 34 heavy (non-hydrogen) atoms. The second kappa shape index (κ2) is 7.97. The van der Waals surface area contributed by atoms with Crippen LogP contribution in [0.15, 0.2) is 85.2 Å². The van der Waals surface area contributed by atoms with Gasteiger partial charge in [-0.15, -0.1) is 0 Å². The van der Waals surface area contributed by atoms with Crippen LogP contribution in [-0.4, -0.2) is 30.8 Å². The maximum atomic E-state index is 11.2. The molecule has 0 radical (unpaired) electrons. The molecule has 0 aliphatic carbocycles. The van der Waals surface area contributed by atoms with Crippen molar-refractivity contribution in [3.63, 3.8) is 0 Å². The van der Waals surface area contributed by atoms with E-state index in [1.807, 2.05) is 42.5 Å². The van der Waals surface area contributed by atoms with Crippen molar-refractivity contribution >= 4 is 33.7 Å². The molecule has 0 fully saturated rings. The molecular weight excluding hydrogens is 424 g/mol. The maximum Gasteiger partial charge on any atom is 0.221 e. The molecule has 3 aromatic heterocycles. The summed E-state index contributed by atoms with van der Waals surface area (Å²) in [5, 5.41) is 2.78. The van der Waals surface area contributed by atoms with Crippen LogP contribution >= 0.6 is 0 Å². The molecule has 0 atom stereocenters. The van der Waals surface area contributed by atoms with Gasteiger partial charge in [0.1, 0.15) is 11.6 Å². The number of anilines is 1. The number of H-pyrrole nitrogens is 2. The van der Waals surface area contributed by atoms with Crippen molar-refractivity contribution in [3.8, 4) is 33.9 Å². The minimum absolute atomic E-state index is 0.0920. The van der Waals surface area contributed by atoms with E-state index >= 15 is 0 Å². The summed E-state index contributed by atoms with van der Waals surface area (Å²) >= 11 is 0. The molecule has 0 unspecified atom stereocenters. The van der Waals surface area contributed by atoms with Gasteiger partial charge in [0, 0.05) is 36.1 Å². The second-order valence-corrected chi connectivity index (χ2v) is 8.13. The third kappa shape index (κ3) is 3.69. The van der Waals surface area contributed by atoms with Gasteiger partial charge in [-0.1, -0.05) is 12.1 Å². The minimum atomic E-state index is -0.0920. The predicted molar refractivity (Wildman–Crippen MR) is 134 cm³/mol. The number of carbonyl (C=O) groups is 1. The zero-order valence-corrected chi connectivity index (χ0v) is 18.3. The van der Waals surface area contributed by atoms with Gasteiger partial charge in [-0.3, -0.25) is 9.78 Å². The molecule has 6 aromatic rings. The molecule has 0 saturated carbocycles. The highest BCUT2D eigenvalue weighted by Crippen LogP contribution is 2.29. The molecule has 3 aromatic carbocycles. The van der Waals surface area contributed by atoms with E-state index in [4.69, 9.17) is 9.97 Å². The third-order valence-corrected chi connectivity index (χ3v) is 5.73. The van der Waals surface area contributed by atoms with Crippen molar-refractivity contribution in [2.45, 2.75) is 6.92 Å². The van der Waals surface area contributed by atoms with Gasteiger partial charge < -0.3 is 15.3 Å². The number of hydrogen-bond acceptors (Lipinski definition) is 4. The summed E-state index contributed by atoms with van der Waals surface area (Å²) in [5.74, 6) is 1.52. The van der Waals surface area contributed by atoms with Gasteiger partial charge in [0.25, 0.3) is 0 Å². The summed E-state index contributed by atoms with van der Waals surface area (Å²) in [6, 6.07) is 23.9. The highest BCUT2D eigenvalue weighted by molar-refractivity contribution is 5.90. The predicted octanol–water partition coefficient (Wildman–Crippen LogP) is 5.79. The van der Waals surface area contributed by atoms with Gasteiger partial charge in [-0.05, 0) is 71.8 Å². The minimum Gasteiger partial charge on any atom is -0.338 e. The number of pyridine rings is 1. The lowest BCUT2D eigenvalue weighted by molar-refractivity contribution is -0.114. The van der Waals surface area contributed by atoms with E-state index in [0.29, 0.717) is 0 Å². The van der Waals surface area contributed by atoms with Crippen molar-refractivity contribution < 1.29 is 4.79 Å². The largest absolute Gasteiger partial charge is 0.338 e. The van der Waals surface area contributed by atoms with E-state index in [-0.39, 0.29) is 5.91 Å². The van der Waals surface area contributed by atoms with E-state index in [2.05, 4.69) is 50.6 Å².